The van der Waals surface area contributed by atoms with Crippen LogP contribution in [0.25, 0.3) is 10.9 Å². The number of morpholine rings is 1. The summed E-state index contributed by atoms with van der Waals surface area (Å²) in [7, 11) is 1.56. The van der Waals surface area contributed by atoms with Gasteiger partial charge in [-0.1, -0.05) is 6.08 Å². The second-order valence-electron chi connectivity index (χ2n) is 7.64. The number of aromatic nitrogens is 2. The van der Waals surface area contributed by atoms with Crippen molar-refractivity contribution in [1.82, 2.24) is 14.9 Å². The first-order valence-corrected chi connectivity index (χ1v) is 10.7. The van der Waals surface area contributed by atoms with Crippen molar-refractivity contribution in [2.24, 2.45) is 0 Å². The molecule has 1 fully saturated rings. The zero-order valence-electron chi connectivity index (χ0n) is 18.5. The molecule has 0 amide bonds. The number of nitrogens with two attached hydrogens (primary N) is 1. The van der Waals surface area contributed by atoms with Gasteiger partial charge < -0.3 is 24.7 Å². The number of nitrogens with zero attached hydrogens (tertiary/aromatic N) is 3. The molecule has 0 spiro atoms. The largest absolute Gasteiger partial charge is 0.493 e. The number of halogens is 1. The van der Waals surface area contributed by atoms with Crippen LogP contribution in [-0.4, -0.2) is 60.9 Å². The minimum atomic E-state index is -0.576. The highest BCUT2D eigenvalue weighted by Crippen LogP contribution is 2.36. The standard InChI is InChI=1S/C24H27FN4O4/c1-3-17-14-29(8-10-31-17)7-4-9-32-23-13-20-18(12-22(23)30-2)24(28-15-27-20)33-21-6-5-16(26)11-19(21)25/h3,5-6,11-13,15,17H,1,4,7-10,14,26H2,2H3. The van der Waals surface area contributed by atoms with Gasteiger partial charge in [-0.15, -0.1) is 6.58 Å². The van der Waals surface area contributed by atoms with E-state index in [4.69, 9.17) is 24.7 Å². The summed E-state index contributed by atoms with van der Waals surface area (Å²) in [6.07, 6.45) is 4.12. The van der Waals surface area contributed by atoms with Gasteiger partial charge in [-0.3, -0.25) is 4.90 Å². The Hall–Kier alpha value is -3.43. The van der Waals surface area contributed by atoms with Gasteiger partial charge in [0.1, 0.15) is 6.33 Å². The molecule has 1 unspecified atom stereocenters. The third-order valence-electron chi connectivity index (χ3n) is 5.36. The van der Waals surface area contributed by atoms with Gasteiger partial charge in [0.2, 0.25) is 5.88 Å². The van der Waals surface area contributed by atoms with Crippen LogP contribution in [0.5, 0.6) is 23.1 Å². The predicted molar refractivity (Wildman–Crippen MR) is 123 cm³/mol. The van der Waals surface area contributed by atoms with Gasteiger partial charge in [-0.05, 0) is 24.6 Å². The molecule has 0 bridgehead atoms. The second kappa shape index (κ2) is 10.5. The number of methoxy groups -OCH3 is 1. The summed E-state index contributed by atoms with van der Waals surface area (Å²) in [6.45, 7) is 7.67. The van der Waals surface area contributed by atoms with Crippen LogP contribution in [0.3, 0.4) is 0 Å². The summed E-state index contributed by atoms with van der Waals surface area (Å²) >= 11 is 0. The fourth-order valence-corrected chi connectivity index (χ4v) is 3.65. The third-order valence-corrected chi connectivity index (χ3v) is 5.36. The molecule has 0 radical (unpaired) electrons. The number of hydrogen-bond donors (Lipinski definition) is 1. The van der Waals surface area contributed by atoms with Crippen LogP contribution in [0.1, 0.15) is 6.42 Å². The molecule has 0 aliphatic carbocycles. The van der Waals surface area contributed by atoms with Gasteiger partial charge in [0, 0.05) is 37.5 Å². The first kappa shape index (κ1) is 22.8. The summed E-state index contributed by atoms with van der Waals surface area (Å²) in [4.78, 5) is 10.8. The highest BCUT2D eigenvalue weighted by atomic mass is 19.1. The molecular formula is C24H27FN4O4. The molecule has 4 rings (SSSR count). The molecule has 1 aliphatic rings. The molecular weight excluding hydrogens is 427 g/mol. The molecule has 33 heavy (non-hydrogen) atoms. The smallest absolute Gasteiger partial charge is 0.230 e. The van der Waals surface area contributed by atoms with E-state index in [1.165, 1.54) is 18.5 Å². The minimum Gasteiger partial charge on any atom is -0.493 e. The monoisotopic (exact) mass is 454 g/mol. The maximum Gasteiger partial charge on any atom is 0.230 e. The van der Waals surface area contributed by atoms with Crippen molar-refractivity contribution in [2.75, 3.05) is 45.7 Å². The Morgan fingerprint density at radius 3 is 2.91 bits per heavy atom. The van der Waals surface area contributed by atoms with Crippen LogP contribution in [0.15, 0.2) is 49.3 Å². The lowest BCUT2D eigenvalue weighted by Gasteiger charge is -2.31. The molecule has 3 aromatic rings. The zero-order chi connectivity index (χ0) is 23.2. The van der Waals surface area contributed by atoms with Gasteiger partial charge in [0.05, 0.1) is 37.3 Å². The minimum absolute atomic E-state index is 0.0188. The van der Waals surface area contributed by atoms with Crippen LogP contribution < -0.4 is 19.9 Å². The number of benzene rings is 2. The van der Waals surface area contributed by atoms with E-state index in [1.54, 1.807) is 25.3 Å². The molecule has 1 atom stereocenters. The van der Waals surface area contributed by atoms with Crippen molar-refractivity contribution >= 4 is 16.6 Å². The van der Waals surface area contributed by atoms with Crippen LogP contribution in [0.2, 0.25) is 0 Å². The van der Waals surface area contributed by atoms with Crippen molar-refractivity contribution in [3.8, 4) is 23.1 Å². The molecule has 2 N–H and O–H groups in total. The Kier molecular flexibility index (Phi) is 7.21. The third kappa shape index (κ3) is 5.50. The fraction of sp³-hybridized carbons (Fsp3) is 0.333. The van der Waals surface area contributed by atoms with Gasteiger partial charge in [0.15, 0.2) is 23.1 Å². The average Bonchev–Trinajstić information content (AvgIpc) is 2.83. The van der Waals surface area contributed by atoms with E-state index < -0.39 is 5.82 Å². The average molecular weight is 455 g/mol. The van der Waals surface area contributed by atoms with E-state index in [1.807, 2.05) is 6.08 Å². The summed E-state index contributed by atoms with van der Waals surface area (Å²) in [5, 5.41) is 0.571. The lowest BCUT2D eigenvalue weighted by molar-refractivity contribution is -0.00448. The molecule has 8 nitrogen and oxygen atoms in total. The summed E-state index contributed by atoms with van der Waals surface area (Å²) in [5.41, 5.74) is 6.51. The van der Waals surface area contributed by atoms with Crippen LogP contribution in [-0.2, 0) is 4.74 Å². The molecule has 1 saturated heterocycles. The Balaban J connectivity index is 1.45. The van der Waals surface area contributed by atoms with E-state index in [2.05, 4.69) is 21.4 Å². The summed E-state index contributed by atoms with van der Waals surface area (Å²) in [6, 6.07) is 7.71. The van der Waals surface area contributed by atoms with E-state index >= 15 is 0 Å². The van der Waals surface area contributed by atoms with E-state index in [0.717, 1.165) is 26.1 Å². The summed E-state index contributed by atoms with van der Waals surface area (Å²) < 4.78 is 37.0. The molecule has 1 aromatic heterocycles. The Bertz CT molecular complexity index is 1130. The molecule has 2 aromatic carbocycles. The predicted octanol–water partition coefficient (Wildman–Crippen LogP) is 3.81. The number of hydrogen-bond acceptors (Lipinski definition) is 8. The molecule has 0 saturated carbocycles. The fourth-order valence-electron chi connectivity index (χ4n) is 3.65. The maximum absolute atomic E-state index is 14.2. The van der Waals surface area contributed by atoms with Crippen molar-refractivity contribution in [1.29, 1.82) is 0 Å². The maximum atomic E-state index is 14.2. The van der Waals surface area contributed by atoms with Gasteiger partial charge in [-0.2, -0.15) is 0 Å². The van der Waals surface area contributed by atoms with Crippen molar-refractivity contribution in [2.45, 2.75) is 12.5 Å². The molecule has 174 valence electrons. The number of nitrogen functional groups attached to an aromatic ring is 1. The highest BCUT2D eigenvalue weighted by molar-refractivity contribution is 5.87. The first-order valence-electron chi connectivity index (χ1n) is 10.7. The highest BCUT2D eigenvalue weighted by Gasteiger charge is 2.18. The van der Waals surface area contributed by atoms with E-state index in [-0.39, 0.29) is 17.7 Å². The Labute approximate surface area is 191 Å². The Morgan fingerprint density at radius 2 is 2.12 bits per heavy atom. The zero-order valence-corrected chi connectivity index (χ0v) is 18.5. The molecule has 9 heteroatoms. The summed E-state index contributed by atoms with van der Waals surface area (Å²) in [5.74, 6) is 0.730. The number of anilines is 1. The normalized spacial score (nSPS) is 16.5. The number of fused-ring (bicyclic) bond motifs is 1. The van der Waals surface area contributed by atoms with Crippen molar-refractivity contribution in [3.05, 3.63) is 55.1 Å². The quantitative estimate of drug-likeness (QED) is 0.297. The van der Waals surface area contributed by atoms with Gasteiger partial charge in [0.25, 0.3) is 0 Å². The lowest BCUT2D eigenvalue weighted by Crippen LogP contribution is -2.42. The lowest BCUT2D eigenvalue weighted by atomic mass is 10.2. The number of ether oxygens (including phenoxy) is 4. The van der Waals surface area contributed by atoms with Crippen LogP contribution >= 0.6 is 0 Å². The Morgan fingerprint density at radius 1 is 1.24 bits per heavy atom. The van der Waals surface area contributed by atoms with E-state index in [0.29, 0.717) is 41.3 Å². The first-order chi connectivity index (χ1) is 16.1. The van der Waals surface area contributed by atoms with Gasteiger partial charge in [-0.25, -0.2) is 14.4 Å². The molecule has 1 aliphatic heterocycles. The number of rotatable bonds is 9. The van der Waals surface area contributed by atoms with Gasteiger partial charge >= 0.3 is 0 Å². The van der Waals surface area contributed by atoms with Crippen molar-refractivity contribution < 1.29 is 23.3 Å². The SMILES string of the molecule is C=CC1CN(CCCOc2cc3ncnc(Oc4ccc(N)cc4F)c3cc2OC)CCO1. The molecule has 2 heterocycles. The second-order valence-corrected chi connectivity index (χ2v) is 7.64. The van der Waals surface area contributed by atoms with Crippen molar-refractivity contribution in [3.63, 3.8) is 0 Å². The van der Waals surface area contributed by atoms with Crippen LogP contribution in [0, 0.1) is 5.82 Å². The topological polar surface area (TPSA) is 92.0 Å². The van der Waals surface area contributed by atoms with Crippen LogP contribution in [0.4, 0.5) is 10.1 Å². The van der Waals surface area contributed by atoms with E-state index in [9.17, 15) is 4.39 Å².